The van der Waals surface area contributed by atoms with Crippen LogP contribution in [0.4, 0.5) is 0 Å². The molecule has 2 heterocycles. The summed E-state index contributed by atoms with van der Waals surface area (Å²) in [6, 6.07) is 14.6. The summed E-state index contributed by atoms with van der Waals surface area (Å²) in [6.07, 6.45) is 7.30. The van der Waals surface area contributed by atoms with Gasteiger partial charge in [-0.05, 0) is 81.5 Å². The number of aryl methyl sites for hydroxylation is 4. The fourth-order valence-electron chi connectivity index (χ4n) is 4.67. The number of benzene rings is 2. The van der Waals surface area contributed by atoms with Crippen LogP contribution in [-0.4, -0.2) is 51.7 Å². The summed E-state index contributed by atoms with van der Waals surface area (Å²) in [4.78, 5) is 2.43. The third kappa shape index (κ3) is 7.58. The van der Waals surface area contributed by atoms with Crippen LogP contribution in [0.2, 0.25) is 0 Å². The number of likely N-dealkylation sites (tertiary alicyclic amines) is 1. The van der Waals surface area contributed by atoms with E-state index in [1.165, 1.54) is 16.7 Å². The normalized spacial score (nSPS) is 18.9. The van der Waals surface area contributed by atoms with Crippen LogP contribution in [0, 0.1) is 20.8 Å². The Morgan fingerprint density at radius 1 is 0.971 bits per heavy atom. The molecule has 0 bridgehead atoms. The molecule has 6 nitrogen and oxygen atoms in total. The molecule has 4 rings (SSSR count). The predicted octanol–water partition coefficient (Wildman–Crippen LogP) is 5.07. The maximum absolute atomic E-state index is 11.2. The summed E-state index contributed by atoms with van der Waals surface area (Å²) >= 11 is 0. The van der Waals surface area contributed by atoms with Crippen LogP contribution in [0.5, 0.6) is 11.5 Å². The third-order valence-electron chi connectivity index (χ3n) is 6.73. The number of ether oxygens (including phenoxy) is 2. The lowest BCUT2D eigenvalue weighted by Gasteiger charge is -2.27. The highest BCUT2D eigenvalue weighted by Gasteiger charge is 2.31. The summed E-state index contributed by atoms with van der Waals surface area (Å²) < 4.78 is 13.9. The molecule has 0 aliphatic carbocycles. The topological polar surface area (TPSA) is 59.8 Å². The van der Waals surface area contributed by atoms with Gasteiger partial charge in [-0.15, -0.1) is 0 Å². The smallest absolute Gasteiger partial charge is 0.122 e. The van der Waals surface area contributed by atoms with E-state index in [0.717, 1.165) is 68.9 Å². The molecule has 0 spiro atoms. The summed E-state index contributed by atoms with van der Waals surface area (Å²) in [5, 5.41) is 15.5. The molecule has 6 heteroatoms. The van der Waals surface area contributed by atoms with Gasteiger partial charge in [-0.2, -0.15) is 5.10 Å². The van der Waals surface area contributed by atoms with Gasteiger partial charge >= 0.3 is 0 Å². The van der Waals surface area contributed by atoms with Crippen molar-refractivity contribution in [1.82, 2.24) is 14.7 Å². The van der Waals surface area contributed by atoms with Gasteiger partial charge in [0.15, 0.2) is 0 Å². The molecule has 0 unspecified atom stereocenters. The van der Waals surface area contributed by atoms with Crippen molar-refractivity contribution in [2.75, 3.05) is 26.3 Å². The van der Waals surface area contributed by atoms with E-state index in [1.54, 1.807) is 0 Å². The van der Waals surface area contributed by atoms with Crippen LogP contribution >= 0.6 is 0 Å². The van der Waals surface area contributed by atoms with E-state index in [2.05, 4.69) is 73.4 Å². The Labute approximate surface area is 209 Å². The first-order chi connectivity index (χ1) is 16.9. The predicted molar refractivity (Wildman–Crippen MR) is 139 cm³/mol. The Hall–Kier alpha value is -2.83. The zero-order chi connectivity index (χ0) is 24.7. The van der Waals surface area contributed by atoms with Gasteiger partial charge in [-0.3, -0.25) is 9.58 Å². The van der Waals surface area contributed by atoms with Crippen LogP contribution in [0.25, 0.3) is 0 Å². The molecule has 0 saturated carbocycles. The van der Waals surface area contributed by atoms with E-state index in [9.17, 15) is 5.11 Å². The number of hydrogen-bond donors (Lipinski definition) is 1. The maximum atomic E-state index is 11.2. The lowest BCUT2D eigenvalue weighted by atomic mass is 9.96. The SMILES string of the molecule is Cc1ccc(OC[C@]2(O)CCCN(Cc3ccc(OCCCn4cc(C)cn4)cc3)CC2)c(C)c1. The fraction of sp³-hybridized carbons (Fsp3) is 0.483. The van der Waals surface area contributed by atoms with E-state index < -0.39 is 5.60 Å². The average Bonchev–Trinajstić information content (AvgIpc) is 3.16. The molecule has 1 atom stereocenters. The van der Waals surface area contributed by atoms with Crippen LogP contribution in [0.3, 0.4) is 0 Å². The van der Waals surface area contributed by atoms with Crippen molar-refractivity contribution >= 4 is 0 Å². The molecule has 2 aromatic carbocycles. The summed E-state index contributed by atoms with van der Waals surface area (Å²) in [7, 11) is 0. The Morgan fingerprint density at radius 2 is 1.80 bits per heavy atom. The highest BCUT2D eigenvalue weighted by atomic mass is 16.5. The van der Waals surface area contributed by atoms with E-state index in [0.29, 0.717) is 13.2 Å². The molecule has 3 aromatic rings. The number of aliphatic hydroxyl groups is 1. The first-order valence-electron chi connectivity index (χ1n) is 12.7. The molecule has 35 heavy (non-hydrogen) atoms. The minimum atomic E-state index is -0.779. The molecule has 1 N–H and O–H groups in total. The first kappa shape index (κ1) is 25.3. The quantitative estimate of drug-likeness (QED) is 0.413. The Morgan fingerprint density at radius 3 is 2.54 bits per heavy atom. The van der Waals surface area contributed by atoms with Gasteiger partial charge in [0.05, 0.1) is 18.4 Å². The Balaban J connectivity index is 1.20. The molecule has 1 aliphatic rings. The molecule has 1 saturated heterocycles. The van der Waals surface area contributed by atoms with E-state index >= 15 is 0 Å². The zero-order valence-electron chi connectivity index (χ0n) is 21.4. The lowest BCUT2D eigenvalue weighted by Crippen LogP contribution is -2.37. The van der Waals surface area contributed by atoms with E-state index in [4.69, 9.17) is 9.47 Å². The van der Waals surface area contributed by atoms with Crippen molar-refractivity contribution in [3.63, 3.8) is 0 Å². The average molecular weight is 478 g/mol. The monoisotopic (exact) mass is 477 g/mol. The minimum absolute atomic E-state index is 0.344. The lowest BCUT2D eigenvalue weighted by molar-refractivity contribution is -0.0170. The van der Waals surface area contributed by atoms with Crippen molar-refractivity contribution in [1.29, 1.82) is 0 Å². The van der Waals surface area contributed by atoms with E-state index in [-0.39, 0.29) is 0 Å². The zero-order valence-corrected chi connectivity index (χ0v) is 21.4. The standard InChI is InChI=1S/C29H39N3O3/c1-23-6-11-28(25(3)18-23)35-22-29(33)12-4-14-31(16-13-29)21-26-7-9-27(10-8-26)34-17-5-15-32-20-24(2)19-30-32/h6-11,18-20,33H,4-5,12-17,21-22H2,1-3H3/t29-/m0/s1. The number of hydrogen-bond acceptors (Lipinski definition) is 5. The fourth-order valence-corrected chi connectivity index (χ4v) is 4.67. The second kappa shape index (κ2) is 11.7. The van der Waals surface area contributed by atoms with Crippen molar-refractivity contribution in [2.24, 2.45) is 0 Å². The first-order valence-corrected chi connectivity index (χ1v) is 12.7. The molecular formula is C29H39N3O3. The highest BCUT2D eigenvalue weighted by molar-refractivity contribution is 5.35. The molecule has 1 aromatic heterocycles. The van der Waals surface area contributed by atoms with E-state index in [1.807, 2.05) is 16.9 Å². The van der Waals surface area contributed by atoms with Crippen molar-refractivity contribution < 1.29 is 14.6 Å². The van der Waals surface area contributed by atoms with Crippen LogP contribution in [-0.2, 0) is 13.1 Å². The van der Waals surface area contributed by atoms with Crippen LogP contribution < -0.4 is 9.47 Å². The van der Waals surface area contributed by atoms with Gasteiger partial charge in [0.2, 0.25) is 0 Å². The summed E-state index contributed by atoms with van der Waals surface area (Å²) in [5.41, 5.74) is 4.00. The Bertz CT molecular complexity index is 1080. The van der Waals surface area contributed by atoms with Crippen molar-refractivity contribution in [3.05, 3.63) is 77.1 Å². The molecule has 0 radical (unpaired) electrons. The molecule has 1 fully saturated rings. The summed E-state index contributed by atoms with van der Waals surface area (Å²) in [5.74, 6) is 1.77. The molecule has 0 amide bonds. The van der Waals surface area contributed by atoms with Gasteiger partial charge in [0, 0.05) is 32.3 Å². The van der Waals surface area contributed by atoms with Crippen molar-refractivity contribution in [3.8, 4) is 11.5 Å². The van der Waals surface area contributed by atoms with Gasteiger partial charge in [-0.1, -0.05) is 29.8 Å². The second-order valence-electron chi connectivity index (χ2n) is 10.0. The molecular weight excluding hydrogens is 438 g/mol. The second-order valence-corrected chi connectivity index (χ2v) is 10.0. The largest absolute Gasteiger partial charge is 0.494 e. The van der Waals surface area contributed by atoms with Crippen LogP contribution in [0.1, 0.15) is 47.9 Å². The number of aromatic nitrogens is 2. The molecule has 188 valence electrons. The highest BCUT2D eigenvalue weighted by Crippen LogP contribution is 2.27. The van der Waals surface area contributed by atoms with Gasteiger partial charge < -0.3 is 14.6 Å². The van der Waals surface area contributed by atoms with Gasteiger partial charge in [-0.25, -0.2) is 0 Å². The number of nitrogens with zero attached hydrogens (tertiary/aromatic N) is 3. The van der Waals surface area contributed by atoms with Gasteiger partial charge in [0.1, 0.15) is 18.1 Å². The Kier molecular flexibility index (Phi) is 8.47. The minimum Gasteiger partial charge on any atom is -0.494 e. The van der Waals surface area contributed by atoms with Crippen LogP contribution in [0.15, 0.2) is 54.9 Å². The summed E-state index contributed by atoms with van der Waals surface area (Å²) in [6.45, 7) is 10.8. The number of rotatable bonds is 10. The van der Waals surface area contributed by atoms with Gasteiger partial charge in [0.25, 0.3) is 0 Å². The van der Waals surface area contributed by atoms with Crippen molar-refractivity contribution in [2.45, 2.75) is 65.1 Å². The molecule has 1 aliphatic heterocycles. The maximum Gasteiger partial charge on any atom is 0.122 e. The third-order valence-corrected chi connectivity index (χ3v) is 6.73.